The van der Waals surface area contributed by atoms with Gasteiger partial charge in [-0.25, -0.2) is 4.79 Å². The van der Waals surface area contributed by atoms with Crippen LogP contribution in [0.1, 0.15) is 6.92 Å². The highest BCUT2D eigenvalue weighted by atomic mass is 35.5. The van der Waals surface area contributed by atoms with Crippen LogP contribution in [0.5, 0.6) is 5.75 Å². The Morgan fingerprint density at radius 2 is 1.91 bits per heavy atom. The van der Waals surface area contributed by atoms with Crippen LogP contribution in [0.25, 0.3) is 0 Å². The first-order chi connectivity index (χ1) is 10.6. The number of nitrogens with zero attached hydrogens (tertiary/aromatic N) is 1. The van der Waals surface area contributed by atoms with Crippen LogP contribution in [0.2, 0.25) is 10.0 Å². The fourth-order valence-corrected chi connectivity index (χ4v) is 2.00. The molecule has 1 aromatic rings. The maximum Gasteiger partial charge on any atom is 0.490 e. The summed E-state index contributed by atoms with van der Waals surface area (Å²) >= 11 is 12.0. The van der Waals surface area contributed by atoms with E-state index < -0.39 is 12.1 Å². The number of alkyl halides is 3. The number of para-hydroxylation sites is 1. The van der Waals surface area contributed by atoms with Crippen molar-refractivity contribution in [1.29, 1.82) is 0 Å². The van der Waals surface area contributed by atoms with Crippen molar-refractivity contribution in [3.8, 4) is 5.75 Å². The molecule has 10 heteroatoms. The second-order valence-electron chi connectivity index (χ2n) is 4.31. The number of carboxylic acids is 1. The third-order valence-corrected chi connectivity index (χ3v) is 3.14. The van der Waals surface area contributed by atoms with Gasteiger partial charge in [-0.3, -0.25) is 4.99 Å². The monoisotopic (exact) mass is 372 g/mol. The van der Waals surface area contributed by atoms with Gasteiger partial charge in [-0.1, -0.05) is 29.3 Å². The van der Waals surface area contributed by atoms with Crippen LogP contribution in [0, 0.1) is 0 Å². The minimum atomic E-state index is -5.08. The topological polar surface area (TPSA) is 70.9 Å². The number of hydrogen-bond acceptors (Lipinski definition) is 4. The first kappa shape index (κ1) is 19.4. The van der Waals surface area contributed by atoms with Gasteiger partial charge in [0.25, 0.3) is 0 Å². The molecule has 0 bridgehead atoms. The number of hydrogen-bond donors (Lipinski definition) is 2. The molecule has 1 aromatic carbocycles. The van der Waals surface area contributed by atoms with Crippen LogP contribution >= 0.6 is 23.2 Å². The number of ether oxygens (including phenoxy) is 1. The fraction of sp³-hybridized carbons (Fsp3) is 0.385. The minimum Gasteiger partial charge on any atom is -0.480 e. The Bertz CT molecular complexity index is 574. The highest BCUT2D eigenvalue weighted by Gasteiger charge is 2.38. The Morgan fingerprint density at radius 1 is 1.39 bits per heavy atom. The summed E-state index contributed by atoms with van der Waals surface area (Å²) in [4.78, 5) is 13.2. The standard InChI is InChI=1S/C11H12Cl2N2O.C2HF3O2/c1-7(11-14-5-6-15-11)16-10-8(12)3-2-4-9(10)13;3-2(4,5)1(6)7/h2-4,7H,5-6H2,1H3,(H,14,15);(H,6,7). The van der Waals surface area contributed by atoms with Gasteiger partial charge in [0.1, 0.15) is 5.84 Å². The zero-order valence-corrected chi connectivity index (χ0v) is 13.3. The largest absolute Gasteiger partial charge is 0.490 e. The molecule has 2 rings (SSSR count). The number of rotatable bonds is 3. The minimum absolute atomic E-state index is 0.167. The molecule has 0 saturated carbocycles. The van der Waals surface area contributed by atoms with Crippen molar-refractivity contribution in [1.82, 2.24) is 5.32 Å². The number of carboxylic acid groups (broad SMARTS) is 1. The van der Waals surface area contributed by atoms with Gasteiger partial charge in [-0.2, -0.15) is 13.2 Å². The van der Waals surface area contributed by atoms with Gasteiger partial charge in [0.2, 0.25) is 0 Å². The third kappa shape index (κ3) is 6.15. The van der Waals surface area contributed by atoms with E-state index in [1.165, 1.54) is 0 Å². The number of amidine groups is 1. The van der Waals surface area contributed by atoms with Crippen molar-refractivity contribution < 1.29 is 27.8 Å². The van der Waals surface area contributed by atoms with E-state index in [1.54, 1.807) is 18.2 Å². The van der Waals surface area contributed by atoms with E-state index >= 15 is 0 Å². The quantitative estimate of drug-likeness (QED) is 0.852. The van der Waals surface area contributed by atoms with Crippen LogP contribution < -0.4 is 10.1 Å². The fourth-order valence-electron chi connectivity index (χ4n) is 1.52. The molecular weight excluding hydrogens is 360 g/mol. The van der Waals surface area contributed by atoms with E-state index in [0.29, 0.717) is 15.8 Å². The Hall–Kier alpha value is -1.67. The van der Waals surface area contributed by atoms with Gasteiger partial charge >= 0.3 is 12.1 Å². The lowest BCUT2D eigenvalue weighted by Gasteiger charge is -2.16. The summed E-state index contributed by atoms with van der Waals surface area (Å²) in [6.07, 6.45) is -5.25. The average Bonchev–Trinajstić information content (AvgIpc) is 2.96. The van der Waals surface area contributed by atoms with Gasteiger partial charge in [0, 0.05) is 6.54 Å². The van der Waals surface area contributed by atoms with E-state index in [9.17, 15) is 13.2 Å². The summed E-state index contributed by atoms with van der Waals surface area (Å²) in [7, 11) is 0. The molecule has 5 nitrogen and oxygen atoms in total. The zero-order valence-electron chi connectivity index (χ0n) is 11.8. The molecule has 0 fully saturated rings. The van der Waals surface area contributed by atoms with Crippen LogP contribution in [-0.2, 0) is 4.79 Å². The SMILES string of the molecule is CC(Oc1c(Cl)cccc1Cl)C1=NCCN1.O=C(O)C(F)(F)F. The van der Waals surface area contributed by atoms with E-state index in [4.69, 9.17) is 37.8 Å². The van der Waals surface area contributed by atoms with Crippen LogP contribution in [0.4, 0.5) is 13.2 Å². The molecule has 2 N–H and O–H groups in total. The number of carbonyl (C=O) groups is 1. The third-order valence-electron chi connectivity index (χ3n) is 2.54. The van der Waals surface area contributed by atoms with E-state index in [2.05, 4.69) is 10.3 Å². The molecular formula is C13H13Cl2F3N2O3. The van der Waals surface area contributed by atoms with Gasteiger partial charge in [-0.05, 0) is 19.1 Å². The van der Waals surface area contributed by atoms with Gasteiger partial charge in [0.15, 0.2) is 11.9 Å². The number of nitrogens with one attached hydrogen (secondary N) is 1. The Kier molecular flexibility index (Phi) is 6.96. The number of benzene rings is 1. The van der Waals surface area contributed by atoms with Crippen LogP contribution in [0.15, 0.2) is 23.2 Å². The van der Waals surface area contributed by atoms with Crippen LogP contribution in [-0.4, -0.2) is 42.3 Å². The molecule has 1 aliphatic heterocycles. The summed E-state index contributed by atoms with van der Waals surface area (Å²) in [5, 5.41) is 11.3. The normalized spacial score (nSPS) is 15.0. The zero-order chi connectivity index (χ0) is 17.6. The molecule has 0 spiro atoms. The van der Waals surface area contributed by atoms with Gasteiger partial charge in [0.05, 0.1) is 16.6 Å². The maximum atomic E-state index is 10.6. The molecule has 1 heterocycles. The maximum absolute atomic E-state index is 10.6. The number of halogens is 5. The van der Waals surface area contributed by atoms with E-state index in [1.807, 2.05) is 6.92 Å². The molecule has 1 atom stereocenters. The van der Waals surface area contributed by atoms with Gasteiger partial charge < -0.3 is 15.2 Å². The van der Waals surface area contributed by atoms with Crippen molar-refractivity contribution in [2.75, 3.05) is 13.1 Å². The summed E-state index contributed by atoms with van der Waals surface area (Å²) in [6, 6.07) is 5.28. The highest BCUT2D eigenvalue weighted by molar-refractivity contribution is 6.37. The van der Waals surface area contributed by atoms with E-state index in [-0.39, 0.29) is 6.10 Å². The molecule has 0 saturated heterocycles. The molecule has 128 valence electrons. The van der Waals surface area contributed by atoms with E-state index in [0.717, 1.165) is 18.9 Å². The lowest BCUT2D eigenvalue weighted by Crippen LogP contribution is -2.33. The van der Waals surface area contributed by atoms with Crippen molar-refractivity contribution in [3.05, 3.63) is 28.2 Å². The lowest BCUT2D eigenvalue weighted by atomic mass is 10.3. The number of aliphatic carboxylic acids is 1. The van der Waals surface area contributed by atoms with Crippen molar-refractivity contribution in [2.24, 2.45) is 4.99 Å². The van der Waals surface area contributed by atoms with Gasteiger partial charge in [-0.15, -0.1) is 0 Å². The first-order valence-electron chi connectivity index (χ1n) is 6.32. The predicted molar refractivity (Wildman–Crippen MR) is 80.5 cm³/mol. The molecule has 23 heavy (non-hydrogen) atoms. The summed E-state index contributed by atoms with van der Waals surface area (Å²) in [5.74, 6) is -1.40. The van der Waals surface area contributed by atoms with Crippen LogP contribution in [0.3, 0.4) is 0 Å². The molecule has 0 aromatic heterocycles. The predicted octanol–water partition coefficient (Wildman–Crippen LogP) is 3.40. The Balaban J connectivity index is 0.000000322. The summed E-state index contributed by atoms with van der Waals surface area (Å²) in [6.45, 7) is 3.56. The second-order valence-corrected chi connectivity index (χ2v) is 5.12. The molecule has 0 radical (unpaired) electrons. The number of aliphatic imine (C=N–C) groups is 1. The molecule has 1 aliphatic rings. The molecule has 0 amide bonds. The van der Waals surface area contributed by atoms with Crippen molar-refractivity contribution >= 4 is 35.0 Å². The lowest BCUT2D eigenvalue weighted by molar-refractivity contribution is -0.192. The smallest absolute Gasteiger partial charge is 0.480 e. The second kappa shape index (κ2) is 8.26. The first-order valence-corrected chi connectivity index (χ1v) is 7.07. The van der Waals surface area contributed by atoms with Crippen molar-refractivity contribution in [3.63, 3.8) is 0 Å². The molecule has 0 aliphatic carbocycles. The Labute approximate surface area is 140 Å². The highest BCUT2D eigenvalue weighted by Crippen LogP contribution is 2.33. The average molecular weight is 373 g/mol. The molecule has 1 unspecified atom stereocenters. The summed E-state index contributed by atoms with van der Waals surface area (Å²) in [5.41, 5.74) is 0. The summed E-state index contributed by atoms with van der Waals surface area (Å²) < 4.78 is 37.4. The van der Waals surface area contributed by atoms with Crippen molar-refractivity contribution in [2.45, 2.75) is 19.2 Å². The Morgan fingerprint density at radius 3 is 2.30 bits per heavy atom.